The van der Waals surface area contributed by atoms with Crippen LogP contribution in [0, 0.1) is 0 Å². The van der Waals surface area contributed by atoms with E-state index in [1.165, 1.54) is 0 Å². The molecule has 2 N–H and O–H groups in total. The summed E-state index contributed by atoms with van der Waals surface area (Å²) < 4.78 is 0. The average molecular weight is 286 g/mol. The maximum absolute atomic E-state index is 12.4. The summed E-state index contributed by atoms with van der Waals surface area (Å²) in [6.07, 6.45) is 4.62. The Labute approximate surface area is 118 Å². The first-order chi connectivity index (χ1) is 9.45. The van der Waals surface area contributed by atoms with Crippen LogP contribution in [0.1, 0.15) is 39.0 Å². The predicted octanol–water partition coefficient (Wildman–Crippen LogP) is 1.23. The molecule has 1 heterocycles. The quantitative estimate of drug-likeness (QED) is 0.765. The van der Waals surface area contributed by atoms with E-state index in [2.05, 4.69) is 0 Å². The molecule has 0 spiro atoms. The summed E-state index contributed by atoms with van der Waals surface area (Å²) in [5.41, 5.74) is 0. The van der Waals surface area contributed by atoms with Gasteiger partial charge in [-0.3, -0.25) is 9.59 Å². The van der Waals surface area contributed by atoms with Crippen molar-refractivity contribution in [3.8, 4) is 0 Å². The SMILES string of the molecule is CCCC1CCCCN1C(=O)N(CC(=O)O)CC(=O)O. The molecule has 1 rings (SSSR count). The fraction of sp³-hybridized carbons (Fsp3) is 0.769. The molecule has 1 fully saturated rings. The molecule has 20 heavy (non-hydrogen) atoms. The highest BCUT2D eigenvalue weighted by Gasteiger charge is 2.31. The van der Waals surface area contributed by atoms with E-state index in [9.17, 15) is 14.4 Å². The number of likely N-dealkylation sites (tertiary alicyclic amines) is 1. The van der Waals surface area contributed by atoms with Crippen molar-refractivity contribution >= 4 is 18.0 Å². The summed E-state index contributed by atoms with van der Waals surface area (Å²) in [5, 5.41) is 17.6. The molecule has 1 saturated heterocycles. The van der Waals surface area contributed by atoms with Crippen molar-refractivity contribution in [1.82, 2.24) is 9.80 Å². The molecule has 1 aliphatic rings. The zero-order valence-corrected chi connectivity index (χ0v) is 11.7. The van der Waals surface area contributed by atoms with Gasteiger partial charge in [0.2, 0.25) is 0 Å². The van der Waals surface area contributed by atoms with Gasteiger partial charge in [-0.05, 0) is 25.7 Å². The number of hydrogen-bond donors (Lipinski definition) is 2. The topological polar surface area (TPSA) is 98.2 Å². The molecule has 7 heteroatoms. The van der Waals surface area contributed by atoms with Crippen molar-refractivity contribution in [2.24, 2.45) is 0 Å². The maximum Gasteiger partial charge on any atom is 0.323 e. The molecule has 0 saturated carbocycles. The Balaban J connectivity index is 2.79. The van der Waals surface area contributed by atoms with Gasteiger partial charge in [0, 0.05) is 12.6 Å². The first-order valence-corrected chi connectivity index (χ1v) is 6.94. The van der Waals surface area contributed by atoms with E-state index in [4.69, 9.17) is 10.2 Å². The van der Waals surface area contributed by atoms with E-state index < -0.39 is 31.1 Å². The minimum absolute atomic E-state index is 0.0892. The van der Waals surface area contributed by atoms with Gasteiger partial charge in [0.05, 0.1) is 0 Å². The van der Waals surface area contributed by atoms with Crippen LogP contribution >= 0.6 is 0 Å². The highest BCUT2D eigenvalue weighted by atomic mass is 16.4. The van der Waals surface area contributed by atoms with Gasteiger partial charge in [-0.15, -0.1) is 0 Å². The number of carbonyl (C=O) groups is 3. The van der Waals surface area contributed by atoms with Crippen molar-refractivity contribution in [3.63, 3.8) is 0 Å². The number of nitrogens with zero attached hydrogens (tertiary/aromatic N) is 2. The third-order valence-electron chi connectivity index (χ3n) is 3.42. The zero-order chi connectivity index (χ0) is 15.1. The van der Waals surface area contributed by atoms with Crippen LogP contribution in [0.5, 0.6) is 0 Å². The van der Waals surface area contributed by atoms with Crippen molar-refractivity contribution in [2.75, 3.05) is 19.6 Å². The van der Waals surface area contributed by atoms with Crippen LogP contribution in [0.2, 0.25) is 0 Å². The molecule has 2 amide bonds. The highest BCUT2D eigenvalue weighted by molar-refractivity contribution is 5.84. The molecule has 114 valence electrons. The number of amides is 2. The summed E-state index contributed by atoms with van der Waals surface area (Å²) >= 11 is 0. The Kier molecular flexibility index (Phi) is 6.27. The van der Waals surface area contributed by atoms with Crippen LogP contribution in [-0.4, -0.2) is 63.7 Å². The molecule has 1 atom stereocenters. The van der Waals surface area contributed by atoms with Gasteiger partial charge in [-0.1, -0.05) is 13.3 Å². The van der Waals surface area contributed by atoms with Crippen molar-refractivity contribution in [3.05, 3.63) is 0 Å². The van der Waals surface area contributed by atoms with E-state index >= 15 is 0 Å². The van der Waals surface area contributed by atoms with E-state index in [1.54, 1.807) is 4.90 Å². The number of carboxylic acids is 2. The first kappa shape index (κ1) is 16.3. The normalized spacial score (nSPS) is 18.6. The van der Waals surface area contributed by atoms with Crippen molar-refractivity contribution in [1.29, 1.82) is 0 Å². The molecule has 0 aliphatic carbocycles. The van der Waals surface area contributed by atoms with Crippen molar-refractivity contribution < 1.29 is 24.6 Å². The molecule has 1 unspecified atom stereocenters. The van der Waals surface area contributed by atoms with E-state index in [0.717, 1.165) is 37.0 Å². The van der Waals surface area contributed by atoms with Crippen LogP contribution in [0.25, 0.3) is 0 Å². The van der Waals surface area contributed by atoms with Crippen LogP contribution in [0.3, 0.4) is 0 Å². The van der Waals surface area contributed by atoms with Gasteiger partial charge in [0.15, 0.2) is 0 Å². The van der Waals surface area contributed by atoms with Crippen LogP contribution in [-0.2, 0) is 9.59 Å². The Morgan fingerprint density at radius 2 is 1.75 bits per heavy atom. The fourth-order valence-corrected chi connectivity index (χ4v) is 2.59. The van der Waals surface area contributed by atoms with E-state index in [-0.39, 0.29) is 6.04 Å². The number of urea groups is 1. The summed E-state index contributed by atoms with van der Waals surface area (Å²) in [4.78, 5) is 36.5. The standard InChI is InChI=1S/C13H22N2O5/c1-2-5-10-6-3-4-7-15(10)13(20)14(8-11(16)17)9-12(18)19/h10H,2-9H2,1H3,(H,16,17)(H,18,19). The largest absolute Gasteiger partial charge is 0.480 e. The summed E-state index contributed by atoms with van der Waals surface area (Å²) in [6, 6.07) is -0.390. The second-order valence-corrected chi connectivity index (χ2v) is 5.06. The van der Waals surface area contributed by atoms with Crippen LogP contribution in [0.15, 0.2) is 0 Å². The average Bonchev–Trinajstić information content (AvgIpc) is 2.37. The van der Waals surface area contributed by atoms with Gasteiger partial charge in [0.25, 0.3) is 0 Å². The Hall–Kier alpha value is -1.79. The number of aliphatic carboxylic acids is 2. The fourth-order valence-electron chi connectivity index (χ4n) is 2.59. The van der Waals surface area contributed by atoms with Gasteiger partial charge < -0.3 is 20.0 Å². The lowest BCUT2D eigenvalue weighted by Crippen LogP contribution is -2.52. The predicted molar refractivity (Wildman–Crippen MR) is 71.5 cm³/mol. The number of carboxylic acid groups (broad SMARTS) is 2. The minimum Gasteiger partial charge on any atom is -0.480 e. The summed E-state index contributed by atoms with van der Waals surface area (Å²) in [5.74, 6) is -2.41. The summed E-state index contributed by atoms with van der Waals surface area (Å²) in [6.45, 7) is 1.43. The van der Waals surface area contributed by atoms with Gasteiger partial charge in [-0.25, -0.2) is 4.79 Å². The molecular formula is C13H22N2O5. The van der Waals surface area contributed by atoms with Crippen molar-refractivity contribution in [2.45, 2.75) is 45.1 Å². The third kappa shape index (κ3) is 4.71. The minimum atomic E-state index is -1.20. The molecule has 0 bridgehead atoms. The second kappa shape index (κ2) is 7.72. The van der Waals surface area contributed by atoms with Gasteiger partial charge >= 0.3 is 18.0 Å². The van der Waals surface area contributed by atoms with E-state index in [0.29, 0.717) is 6.54 Å². The molecule has 1 aliphatic heterocycles. The number of piperidine rings is 1. The molecular weight excluding hydrogens is 264 g/mol. The maximum atomic E-state index is 12.4. The second-order valence-electron chi connectivity index (χ2n) is 5.06. The lowest BCUT2D eigenvalue weighted by Gasteiger charge is -2.38. The molecule has 0 aromatic heterocycles. The van der Waals surface area contributed by atoms with Crippen LogP contribution < -0.4 is 0 Å². The molecule has 0 aromatic rings. The summed E-state index contributed by atoms with van der Waals surface area (Å²) in [7, 11) is 0. The highest BCUT2D eigenvalue weighted by Crippen LogP contribution is 2.22. The Bertz CT molecular complexity index is 354. The van der Waals surface area contributed by atoms with Gasteiger partial charge in [-0.2, -0.15) is 0 Å². The van der Waals surface area contributed by atoms with Crippen LogP contribution in [0.4, 0.5) is 4.79 Å². The van der Waals surface area contributed by atoms with E-state index in [1.807, 2.05) is 6.92 Å². The Morgan fingerprint density at radius 1 is 1.15 bits per heavy atom. The molecule has 0 aromatic carbocycles. The molecule has 0 radical (unpaired) electrons. The Morgan fingerprint density at radius 3 is 2.25 bits per heavy atom. The first-order valence-electron chi connectivity index (χ1n) is 6.94. The monoisotopic (exact) mass is 286 g/mol. The zero-order valence-electron chi connectivity index (χ0n) is 11.7. The smallest absolute Gasteiger partial charge is 0.323 e. The molecule has 7 nitrogen and oxygen atoms in total. The third-order valence-corrected chi connectivity index (χ3v) is 3.42. The lowest BCUT2D eigenvalue weighted by molar-refractivity contribution is -0.140. The lowest BCUT2D eigenvalue weighted by atomic mass is 9.98. The number of hydrogen-bond acceptors (Lipinski definition) is 3. The van der Waals surface area contributed by atoms with Gasteiger partial charge in [0.1, 0.15) is 13.1 Å². The number of carbonyl (C=O) groups excluding carboxylic acids is 1. The number of rotatable bonds is 6.